The quantitative estimate of drug-likeness (QED) is 0.512. The molecule has 0 bridgehead atoms. The fourth-order valence-corrected chi connectivity index (χ4v) is 1.48. The Kier molecular flexibility index (Phi) is 4.51. The van der Waals surface area contributed by atoms with Crippen molar-refractivity contribution in [3.63, 3.8) is 0 Å². The van der Waals surface area contributed by atoms with Crippen LogP contribution in [0.5, 0.6) is 0 Å². The third-order valence-corrected chi connectivity index (χ3v) is 2.40. The highest BCUT2D eigenvalue weighted by Gasteiger charge is 2.22. The number of ether oxygens (including phenoxy) is 1. The number of hydrogen-bond donors (Lipinski definition) is 3. The molecule has 6 nitrogen and oxygen atoms in total. The number of amides is 2. The fraction of sp³-hybridized carbons (Fsp3) is 0.778. The first-order valence-corrected chi connectivity index (χ1v) is 4.97. The van der Waals surface area contributed by atoms with Crippen molar-refractivity contribution in [1.82, 2.24) is 10.6 Å². The molecule has 0 aromatic carbocycles. The number of nitrogens with one attached hydrogen (secondary N) is 2. The van der Waals surface area contributed by atoms with Gasteiger partial charge in [-0.2, -0.15) is 0 Å². The molecule has 4 N–H and O–H groups in total. The molecule has 2 unspecified atom stereocenters. The standard InChI is InChI=1S/C9H17N3O3/c1-15-7(4-10)9(14)11-5-6-2-3-8(13)12-6/h6-7H,2-5,10H2,1H3,(H,11,14)(H,12,13). The molecule has 0 radical (unpaired) electrons. The summed E-state index contributed by atoms with van der Waals surface area (Å²) < 4.78 is 4.87. The Hall–Kier alpha value is -1.14. The summed E-state index contributed by atoms with van der Waals surface area (Å²) in [7, 11) is 1.44. The van der Waals surface area contributed by atoms with Gasteiger partial charge in [-0.05, 0) is 6.42 Å². The highest BCUT2D eigenvalue weighted by atomic mass is 16.5. The lowest BCUT2D eigenvalue weighted by atomic mass is 10.2. The highest BCUT2D eigenvalue weighted by molar-refractivity contribution is 5.81. The van der Waals surface area contributed by atoms with Crippen molar-refractivity contribution >= 4 is 11.8 Å². The first-order valence-electron chi connectivity index (χ1n) is 4.97. The Bertz CT molecular complexity index is 241. The number of carbonyl (C=O) groups is 2. The van der Waals surface area contributed by atoms with E-state index < -0.39 is 6.10 Å². The van der Waals surface area contributed by atoms with Crippen LogP contribution >= 0.6 is 0 Å². The average molecular weight is 215 g/mol. The Labute approximate surface area is 88.5 Å². The second-order valence-electron chi connectivity index (χ2n) is 3.51. The Morgan fingerprint density at radius 3 is 3.00 bits per heavy atom. The maximum absolute atomic E-state index is 11.4. The SMILES string of the molecule is COC(CN)C(=O)NCC1CCC(=O)N1. The van der Waals surface area contributed by atoms with Gasteiger partial charge in [-0.15, -0.1) is 0 Å². The molecule has 6 heteroatoms. The van der Waals surface area contributed by atoms with Crippen molar-refractivity contribution in [1.29, 1.82) is 0 Å². The highest BCUT2D eigenvalue weighted by Crippen LogP contribution is 2.04. The lowest BCUT2D eigenvalue weighted by Crippen LogP contribution is -2.45. The van der Waals surface area contributed by atoms with Gasteiger partial charge in [0, 0.05) is 32.7 Å². The molecule has 2 amide bonds. The summed E-state index contributed by atoms with van der Waals surface area (Å²) in [6.07, 6.45) is 0.687. The minimum Gasteiger partial charge on any atom is -0.370 e. The second-order valence-corrected chi connectivity index (χ2v) is 3.51. The number of carbonyl (C=O) groups excluding carboxylic acids is 2. The van der Waals surface area contributed by atoms with Gasteiger partial charge in [0.15, 0.2) is 0 Å². The van der Waals surface area contributed by atoms with Crippen molar-refractivity contribution in [2.24, 2.45) is 5.73 Å². The zero-order valence-corrected chi connectivity index (χ0v) is 8.79. The summed E-state index contributed by atoms with van der Waals surface area (Å²) in [4.78, 5) is 22.3. The molecule has 1 saturated heterocycles. The molecule has 1 rings (SSSR count). The maximum atomic E-state index is 11.4. The Morgan fingerprint density at radius 2 is 2.53 bits per heavy atom. The minimum atomic E-state index is -0.609. The Morgan fingerprint density at radius 1 is 1.80 bits per heavy atom. The summed E-state index contributed by atoms with van der Waals surface area (Å²) >= 11 is 0. The predicted molar refractivity (Wildman–Crippen MR) is 54.0 cm³/mol. The van der Waals surface area contributed by atoms with Gasteiger partial charge >= 0.3 is 0 Å². The molecule has 15 heavy (non-hydrogen) atoms. The van der Waals surface area contributed by atoms with Gasteiger partial charge in [-0.1, -0.05) is 0 Å². The summed E-state index contributed by atoms with van der Waals surface area (Å²) in [5, 5.41) is 5.45. The third kappa shape index (κ3) is 3.49. The molecule has 0 aliphatic carbocycles. The molecule has 1 fully saturated rings. The normalized spacial score (nSPS) is 22.3. The number of nitrogens with two attached hydrogens (primary N) is 1. The monoisotopic (exact) mass is 215 g/mol. The average Bonchev–Trinajstić information content (AvgIpc) is 2.63. The van der Waals surface area contributed by atoms with Gasteiger partial charge < -0.3 is 21.1 Å². The molecule has 2 atom stereocenters. The van der Waals surface area contributed by atoms with Gasteiger partial charge in [0.05, 0.1) is 0 Å². The van der Waals surface area contributed by atoms with Crippen molar-refractivity contribution in [3.05, 3.63) is 0 Å². The smallest absolute Gasteiger partial charge is 0.250 e. The van der Waals surface area contributed by atoms with Crippen LogP contribution in [0.1, 0.15) is 12.8 Å². The van der Waals surface area contributed by atoms with Crippen LogP contribution in [0.4, 0.5) is 0 Å². The summed E-state index contributed by atoms with van der Waals surface area (Å²) in [6, 6.07) is 0.0386. The van der Waals surface area contributed by atoms with Crippen LogP contribution in [-0.4, -0.2) is 44.2 Å². The Balaban J connectivity index is 2.24. The van der Waals surface area contributed by atoms with Gasteiger partial charge in [0.25, 0.3) is 5.91 Å². The molecule has 0 saturated carbocycles. The fourth-order valence-electron chi connectivity index (χ4n) is 1.48. The van der Waals surface area contributed by atoms with E-state index in [0.717, 1.165) is 6.42 Å². The van der Waals surface area contributed by atoms with Crippen LogP contribution in [0.15, 0.2) is 0 Å². The van der Waals surface area contributed by atoms with Crippen LogP contribution in [0.2, 0.25) is 0 Å². The van der Waals surface area contributed by atoms with Gasteiger partial charge in [-0.25, -0.2) is 0 Å². The van der Waals surface area contributed by atoms with E-state index in [1.54, 1.807) is 0 Å². The van der Waals surface area contributed by atoms with Crippen LogP contribution in [0.25, 0.3) is 0 Å². The van der Waals surface area contributed by atoms with E-state index in [1.807, 2.05) is 0 Å². The molecular formula is C9H17N3O3. The molecule has 0 aromatic heterocycles. The zero-order valence-electron chi connectivity index (χ0n) is 8.79. The number of methoxy groups -OCH3 is 1. The van der Waals surface area contributed by atoms with Crippen molar-refractivity contribution in [2.45, 2.75) is 25.0 Å². The molecule has 86 valence electrons. The van der Waals surface area contributed by atoms with Crippen molar-refractivity contribution < 1.29 is 14.3 Å². The molecule has 1 heterocycles. The van der Waals surface area contributed by atoms with Gasteiger partial charge in [0.2, 0.25) is 5.91 Å². The van der Waals surface area contributed by atoms with Gasteiger partial charge in [0.1, 0.15) is 6.10 Å². The number of hydrogen-bond acceptors (Lipinski definition) is 4. The zero-order chi connectivity index (χ0) is 11.3. The van der Waals surface area contributed by atoms with E-state index in [9.17, 15) is 9.59 Å². The third-order valence-electron chi connectivity index (χ3n) is 2.40. The van der Waals surface area contributed by atoms with Crippen LogP contribution in [0.3, 0.4) is 0 Å². The van der Waals surface area contributed by atoms with E-state index in [0.29, 0.717) is 13.0 Å². The molecule has 0 spiro atoms. The van der Waals surface area contributed by atoms with Gasteiger partial charge in [-0.3, -0.25) is 9.59 Å². The van der Waals surface area contributed by atoms with Crippen molar-refractivity contribution in [3.8, 4) is 0 Å². The summed E-state index contributed by atoms with van der Waals surface area (Å²) in [6.45, 7) is 0.587. The van der Waals surface area contributed by atoms with Crippen molar-refractivity contribution in [2.75, 3.05) is 20.2 Å². The molecular weight excluding hydrogens is 198 g/mol. The van der Waals surface area contributed by atoms with E-state index in [2.05, 4.69) is 10.6 Å². The molecule has 0 aromatic rings. The maximum Gasteiger partial charge on any atom is 0.250 e. The van der Waals surface area contributed by atoms with E-state index in [4.69, 9.17) is 10.5 Å². The first kappa shape index (κ1) is 11.9. The second kappa shape index (κ2) is 5.67. The number of rotatable bonds is 5. The minimum absolute atomic E-state index is 0.0383. The molecule has 1 aliphatic rings. The predicted octanol–water partition coefficient (Wildman–Crippen LogP) is -1.65. The first-order chi connectivity index (χ1) is 7.17. The lowest BCUT2D eigenvalue weighted by molar-refractivity contribution is -0.130. The largest absolute Gasteiger partial charge is 0.370 e. The van der Waals surface area contributed by atoms with E-state index in [-0.39, 0.29) is 24.4 Å². The summed E-state index contributed by atoms with van der Waals surface area (Å²) in [5.74, 6) is -0.197. The van der Waals surface area contributed by atoms with Crippen LogP contribution in [-0.2, 0) is 14.3 Å². The van der Waals surface area contributed by atoms with Crippen LogP contribution < -0.4 is 16.4 Å². The van der Waals surface area contributed by atoms with Crippen LogP contribution in [0, 0.1) is 0 Å². The lowest BCUT2D eigenvalue weighted by Gasteiger charge is -2.15. The molecule has 1 aliphatic heterocycles. The van der Waals surface area contributed by atoms with E-state index in [1.165, 1.54) is 7.11 Å². The topological polar surface area (TPSA) is 93.4 Å². The van der Waals surface area contributed by atoms with E-state index >= 15 is 0 Å². The summed E-state index contributed by atoms with van der Waals surface area (Å²) in [5.41, 5.74) is 5.33.